The molecule has 3 heterocycles. The number of hydrogen-bond donors (Lipinski definition) is 1. The molecule has 1 unspecified atom stereocenters. The Hall–Kier alpha value is -2.16. The molecular formula is C14H19N5O3S. The van der Waals surface area contributed by atoms with Gasteiger partial charge in [0.05, 0.1) is 0 Å². The van der Waals surface area contributed by atoms with Crippen LogP contribution < -0.4 is 5.32 Å². The highest BCUT2D eigenvalue weighted by Gasteiger charge is 2.28. The lowest BCUT2D eigenvalue weighted by molar-refractivity contribution is -0.127. The quantitative estimate of drug-likeness (QED) is 0.836. The topological polar surface area (TPSA) is 96.7 Å². The monoisotopic (exact) mass is 337 g/mol. The smallest absolute Gasteiger partial charge is 0.237 e. The molecule has 1 aliphatic rings. The highest BCUT2D eigenvalue weighted by Crippen LogP contribution is 2.15. The number of fused-ring (bicyclic) bond motifs is 1. The lowest BCUT2D eigenvalue weighted by atomic mass is 10.2. The summed E-state index contributed by atoms with van der Waals surface area (Å²) in [5.41, 5.74) is 0.767. The van der Waals surface area contributed by atoms with Crippen molar-refractivity contribution in [3.63, 3.8) is 0 Å². The summed E-state index contributed by atoms with van der Waals surface area (Å²) < 4.78 is 24.8. The molecule has 1 N–H and O–H groups in total. The fraction of sp³-hybridized carbons (Fsp3) is 0.500. The van der Waals surface area contributed by atoms with E-state index in [0.717, 1.165) is 12.1 Å². The number of sulfone groups is 1. The zero-order chi connectivity index (χ0) is 16.4. The standard InChI is InChI=1S/C14H19N5O3S/c1-2-23(21,22)10-14(20)18-7-5-11(9-18)16-12-3-4-13-15-6-8-19(13)17-12/h3-4,6,8,11H,2,5,7,9-10H2,1H3,(H,16,17). The summed E-state index contributed by atoms with van der Waals surface area (Å²) in [6.45, 7) is 2.60. The van der Waals surface area contributed by atoms with Crippen LogP contribution >= 0.6 is 0 Å². The van der Waals surface area contributed by atoms with Crippen molar-refractivity contribution in [1.82, 2.24) is 19.5 Å². The summed E-state index contributed by atoms with van der Waals surface area (Å²) >= 11 is 0. The van der Waals surface area contributed by atoms with Crippen molar-refractivity contribution < 1.29 is 13.2 Å². The van der Waals surface area contributed by atoms with Crippen molar-refractivity contribution in [3.05, 3.63) is 24.5 Å². The lowest BCUT2D eigenvalue weighted by Crippen LogP contribution is -2.36. The van der Waals surface area contributed by atoms with Gasteiger partial charge in [0.2, 0.25) is 5.91 Å². The van der Waals surface area contributed by atoms with Gasteiger partial charge in [-0.2, -0.15) is 0 Å². The van der Waals surface area contributed by atoms with E-state index in [4.69, 9.17) is 0 Å². The van der Waals surface area contributed by atoms with E-state index in [1.54, 1.807) is 28.7 Å². The molecule has 1 amide bonds. The van der Waals surface area contributed by atoms with E-state index in [1.807, 2.05) is 12.1 Å². The summed E-state index contributed by atoms with van der Waals surface area (Å²) in [5, 5.41) is 7.67. The van der Waals surface area contributed by atoms with Gasteiger partial charge in [-0.05, 0) is 18.6 Å². The Kier molecular flexibility index (Phi) is 4.20. The van der Waals surface area contributed by atoms with Crippen LogP contribution in [0.2, 0.25) is 0 Å². The zero-order valence-electron chi connectivity index (χ0n) is 12.8. The highest BCUT2D eigenvalue weighted by molar-refractivity contribution is 7.92. The molecule has 1 atom stereocenters. The predicted octanol–water partition coefficient (Wildman–Crippen LogP) is 0.177. The van der Waals surface area contributed by atoms with Gasteiger partial charge >= 0.3 is 0 Å². The fourth-order valence-electron chi connectivity index (χ4n) is 2.59. The van der Waals surface area contributed by atoms with Gasteiger partial charge in [-0.25, -0.2) is 17.9 Å². The average molecular weight is 337 g/mol. The number of carbonyl (C=O) groups excluding carboxylic acids is 1. The maximum Gasteiger partial charge on any atom is 0.237 e. The molecule has 23 heavy (non-hydrogen) atoms. The normalized spacial score (nSPS) is 18.5. The first-order valence-corrected chi connectivity index (χ1v) is 9.34. The minimum Gasteiger partial charge on any atom is -0.364 e. The molecule has 8 nitrogen and oxygen atoms in total. The van der Waals surface area contributed by atoms with Gasteiger partial charge in [0.1, 0.15) is 11.6 Å². The third kappa shape index (κ3) is 3.61. The van der Waals surface area contributed by atoms with E-state index in [9.17, 15) is 13.2 Å². The van der Waals surface area contributed by atoms with Crippen molar-refractivity contribution in [3.8, 4) is 0 Å². The van der Waals surface area contributed by atoms with E-state index < -0.39 is 15.6 Å². The molecule has 0 spiro atoms. The van der Waals surface area contributed by atoms with Crippen molar-refractivity contribution in [2.24, 2.45) is 0 Å². The summed E-state index contributed by atoms with van der Waals surface area (Å²) in [6, 6.07) is 3.77. The molecule has 3 rings (SSSR count). The Balaban J connectivity index is 1.60. The molecule has 1 aliphatic heterocycles. The van der Waals surface area contributed by atoms with Gasteiger partial charge in [-0.15, -0.1) is 5.10 Å². The number of anilines is 1. The zero-order valence-corrected chi connectivity index (χ0v) is 13.7. The summed E-state index contributed by atoms with van der Waals surface area (Å²) in [4.78, 5) is 17.8. The van der Waals surface area contributed by atoms with E-state index in [2.05, 4.69) is 15.4 Å². The second-order valence-electron chi connectivity index (χ2n) is 5.59. The van der Waals surface area contributed by atoms with Gasteiger partial charge in [-0.1, -0.05) is 6.92 Å². The van der Waals surface area contributed by atoms with Crippen LogP contribution in [-0.2, 0) is 14.6 Å². The maximum absolute atomic E-state index is 12.0. The second-order valence-corrected chi connectivity index (χ2v) is 7.95. The SMILES string of the molecule is CCS(=O)(=O)CC(=O)N1CCC(Nc2ccc3nccn3n2)C1. The Morgan fingerprint density at radius 1 is 1.43 bits per heavy atom. The van der Waals surface area contributed by atoms with Gasteiger partial charge < -0.3 is 10.2 Å². The van der Waals surface area contributed by atoms with E-state index in [1.165, 1.54) is 0 Å². The van der Waals surface area contributed by atoms with Gasteiger partial charge in [-0.3, -0.25) is 4.79 Å². The Morgan fingerprint density at radius 2 is 2.26 bits per heavy atom. The number of carbonyl (C=O) groups is 1. The summed E-state index contributed by atoms with van der Waals surface area (Å²) in [5.74, 6) is -0.0383. The molecule has 0 aromatic carbocycles. The molecule has 0 radical (unpaired) electrons. The molecule has 124 valence electrons. The number of aromatic nitrogens is 3. The molecule has 1 saturated heterocycles. The minimum atomic E-state index is -3.28. The minimum absolute atomic E-state index is 0.0108. The number of hydrogen-bond acceptors (Lipinski definition) is 6. The number of nitrogens with zero attached hydrogens (tertiary/aromatic N) is 4. The third-order valence-corrected chi connectivity index (χ3v) is 5.50. The average Bonchev–Trinajstić information content (AvgIpc) is 3.15. The molecule has 9 heteroatoms. The number of imidazole rings is 1. The third-order valence-electron chi connectivity index (χ3n) is 3.93. The summed E-state index contributed by atoms with van der Waals surface area (Å²) in [7, 11) is -3.28. The van der Waals surface area contributed by atoms with E-state index in [0.29, 0.717) is 18.9 Å². The van der Waals surface area contributed by atoms with E-state index >= 15 is 0 Å². The van der Waals surface area contributed by atoms with Crippen LogP contribution in [0.3, 0.4) is 0 Å². The van der Waals surface area contributed by atoms with Crippen LogP contribution in [0, 0.1) is 0 Å². The second kappa shape index (κ2) is 6.15. The Morgan fingerprint density at radius 3 is 3.04 bits per heavy atom. The molecule has 0 bridgehead atoms. The molecule has 2 aromatic heterocycles. The van der Waals surface area contributed by atoms with Crippen molar-refractivity contribution >= 4 is 27.2 Å². The molecule has 0 aliphatic carbocycles. The van der Waals surface area contributed by atoms with Gasteiger partial charge in [0, 0.05) is 37.3 Å². The summed E-state index contributed by atoms with van der Waals surface area (Å²) in [6.07, 6.45) is 4.21. The maximum atomic E-state index is 12.0. The van der Waals surface area contributed by atoms with Crippen LogP contribution in [0.25, 0.3) is 5.65 Å². The van der Waals surface area contributed by atoms with Crippen LogP contribution in [-0.4, -0.2) is 64.5 Å². The molecular weight excluding hydrogens is 318 g/mol. The van der Waals surface area contributed by atoms with Crippen molar-refractivity contribution in [1.29, 1.82) is 0 Å². The van der Waals surface area contributed by atoms with Crippen molar-refractivity contribution in [2.75, 3.05) is 29.9 Å². The first-order valence-electron chi connectivity index (χ1n) is 7.52. The van der Waals surface area contributed by atoms with Crippen LogP contribution in [0.4, 0.5) is 5.82 Å². The highest BCUT2D eigenvalue weighted by atomic mass is 32.2. The molecule has 0 saturated carbocycles. The first-order chi connectivity index (χ1) is 11.0. The largest absolute Gasteiger partial charge is 0.364 e. The van der Waals surface area contributed by atoms with Crippen LogP contribution in [0.15, 0.2) is 24.5 Å². The van der Waals surface area contributed by atoms with Gasteiger partial charge in [0.15, 0.2) is 15.5 Å². The Bertz CT molecular complexity index is 817. The number of likely N-dealkylation sites (tertiary alicyclic amines) is 1. The lowest BCUT2D eigenvalue weighted by Gasteiger charge is -2.17. The predicted molar refractivity (Wildman–Crippen MR) is 85.9 cm³/mol. The Labute approximate surface area is 134 Å². The van der Waals surface area contributed by atoms with Crippen molar-refractivity contribution in [2.45, 2.75) is 19.4 Å². The van der Waals surface area contributed by atoms with Crippen LogP contribution in [0.5, 0.6) is 0 Å². The molecule has 1 fully saturated rings. The van der Waals surface area contributed by atoms with E-state index in [-0.39, 0.29) is 17.7 Å². The van der Waals surface area contributed by atoms with Gasteiger partial charge in [0.25, 0.3) is 0 Å². The number of rotatable bonds is 5. The number of nitrogens with one attached hydrogen (secondary N) is 1. The fourth-order valence-corrected chi connectivity index (χ4v) is 3.35. The van der Waals surface area contributed by atoms with Crippen LogP contribution in [0.1, 0.15) is 13.3 Å². The molecule has 2 aromatic rings. The first kappa shape index (κ1) is 15.7. The number of amides is 1.